The van der Waals surface area contributed by atoms with Crippen molar-refractivity contribution >= 4 is 33.5 Å². The third-order valence-electron chi connectivity index (χ3n) is 6.58. The van der Waals surface area contributed by atoms with Crippen LogP contribution in [-0.2, 0) is 11.8 Å². The van der Waals surface area contributed by atoms with Crippen LogP contribution in [0, 0.1) is 13.8 Å². The van der Waals surface area contributed by atoms with E-state index in [-0.39, 0.29) is 11.5 Å². The summed E-state index contributed by atoms with van der Waals surface area (Å²) in [4.78, 5) is 26.2. The van der Waals surface area contributed by atoms with Crippen LogP contribution in [0.3, 0.4) is 0 Å². The maximum atomic E-state index is 13.3. The molecule has 0 saturated heterocycles. The standard InChI is InChI=1S/C32H33N3O4/c1-18-12-24(20(3)33-26-11-9-8-10-23(26)31(37)39-32(4,5)6)30-25(13-18)27(36)16-28(38-30)21-14-19(2)29-22(15-21)17-35(7)34-29/h8-17,20,33H,1-7H3. The molecular weight excluding hydrogens is 490 g/mol. The summed E-state index contributed by atoms with van der Waals surface area (Å²) >= 11 is 0. The molecule has 2 aromatic heterocycles. The number of nitrogens with one attached hydrogen (secondary N) is 1. The number of carbonyl (C=O) groups is 1. The minimum Gasteiger partial charge on any atom is -0.456 e. The molecule has 39 heavy (non-hydrogen) atoms. The van der Waals surface area contributed by atoms with Crippen molar-refractivity contribution in [1.82, 2.24) is 9.78 Å². The molecule has 5 aromatic rings. The molecule has 1 N–H and O–H groups in total. The third kappa shape index (κ3) is 5.30. The van der Waals surface area contributed by atoms with Gasteiger partial charge in [-0.3, -0.25) is 9.48 Å². The molecule has 0 radical (unpaired) electrons. The fraction of sp³-hybridized carbons (Fsp3) is 0.281. The molecule has 7 heteroatoms. The predicted molar refractivity (Wildman–Crippen MR) is 155 cm³/mol. The second-order valence-electron chi connectivity index (χ2n) is 11.2. The summed E-state index contributed by atoms with van der Waals surface area (Å²) < 4.78 is 13.9. The topological polar surface area (TPSA) is 86.4 Å². The van der Waals surface area contributed by atoms with Crippen LogP contribution in [0.1, 0.15) is 60.8 Å². The molecule has 0 amide bonds. The fourth-order valence-electron chi connectivity index (χ4n) is 4.90. The van der Waals surface area contributed by atoms with E-state index >= 15 is 0 Å². The predicted octanol–water partition coefficient (Wildman–Crippen LogP) is 7.09. The number of hydrogen-bond acceptors (Lipinski definition) is 6. The highest BCUT2D eigenvalue weighted by molar-refractivity contribution is 5.96. The minimum absolute atomic E-state index is 0.110. The number of anilines is 1. The maximum Gasteiger partial charge on any atom is 0.340 e. The van der Waals surface area contributed by atoms with Crippen molar-refractivity contribution in [1.29, 1.82) is 0 Å². The van der Waals surface area contributed by atoms with Crippen LogP contribution < -0.4 is 10.7 Å². The second-order valence-corrected chi connectivity index (χ2v) is 11.2. The molecule has 0 aliphatic carbocycles. The number of ether oxygens (including phenoxy) is 1. The highest BCUT2D eigenvalue weighted by Crippen LogP contribution is 2.33. The van der Waals surface area contributed by atoms with Crippen LogP contribution in [0.4, 0.5) is 5.69 Å². The lowest BCUT2D eigenvalue weighted by atomic mass is 9.99. The Hall–Kier alpha value is -4.39. The second kappa shape index (κ2) is 9.73. The van der Waals surface area contributed by atoms with Crippen LogP contribution in [0.25, 0.3) is 33.2 Å². The summed E-state index contributed by atoms with van der Waals surface area (Å²) in [5.74, 6) is 0.0923. The molecule has 0 saturated carbocycles. The van der Waals surface area contributed by atoms with Gasteiger partial charge < -0.3 is 14.5 Å². The zero-order chi connectivity index (χ0) is 28.1. The van der Waals surface area contributed by atoms with Crippen molar-refractivity contribution in [2.24, 2.45) is 7.05 Å². The maximum absolute atomic E-state index is 13.3. The van der Waals surface area contributed by atoms with E-state index in [9.17, 15) is 9.59 Å². The number of para-hydroxylation sites is 1. The fourth-order valence-corrected chi connectivity index (χ4v) is 4.90. The van der Waals surface area contributed by atoms with Gasteiger partial charge in [0.25, 0.3) is 0 Å². The number of esters is 1. The van der Waals surface area contributed by atoms with Gasteiger partial charge in [0, 0.05) is 41.5 Å². The van der Waals surface area contributed by atoms with E-state index in [0.717, 1.165) is 33.2 Å². The molecule has 0 fully saturated rings. The third-order valence-corrected chi connectivity index (χ3v) is 6.58. The van der Waals surface area contributed by atoms with E-state index in [2.05, 4.69) is 10.4 Å². The Labute approximate surface area is 227 Å². The molecule has 0 aliphatic rings. The monoisotopic (exact) mass is 523 g/mol. The Balaban J connectivity index is 1.59. The zero-order valence-corrected chi connectivity index (χ0v) is 23.4. The molecule has 0 spiro atoms. The molecule has 200 valence electrons. The molecular formula is C32H33N3O4. The van der Waals surface area contributed by atoms with Crippen molar-refractivity contribution in [3.05, 3.63) is 93.3 Å². The van der Waals surface area contributed by atoms with Crippen molar-refractivity contribution < 1.29 is 13.9 Å². The minimum atomic E-state index is -0.612. The molecule has 1 atom stereocenters. The Kier molecular flexibility index (Phi) is 6.54. The van der Waals surface area contributed by atoms with Gasteiger partial charge in [0.15, 0.2) is 5.43 Å². The molecule has 1 unspecified atom stereocenters. The van der Waals surface area contributed by atoms with Gasteiger partial charge in [-0.05, 0) is 83.0 Å². The van der Waals surface area contributed by atoms with Crippen molar-refractivity contribution in [3.63, 3.8) is 0 Å². The number of fused-ring (bicyclic) bond motifs is 2. The first-order valence-electron chi connectivity index (χ1n) is 13.0. The average molecular weight is 524 g/mol. The summed E-state index contributed by atoms with van der Waals surface area (Å²) in [6.07, 6.45) is 1.95. The van der Waals surface area contributed by atoms with Gasteiger partial charge in [-0.2, -0.15) is 5.10 Å². The molecule has 5 rings (SSSR count). The Morgan fingerprint density at radius 3 is 2.56 bits per heavy atom. The van der Waals surface area contributed by atoms with Gasteiger partial charge in [-0.25, -0.2) is 4.79 Å². The summed E-state index contributed by atoms with van der Waals surface area (Å²) in [6.45, 7) is 11.5. The Morgan fingerprint density at radius 1 is 1.08 bits per heavy atom. The van der Waals surface area contributed by atoms with E-state index in [4.69, 9.17) is 9.15 Å². The molecule has 7 nitrogen and oxygen atoms in total. The van der Waals surface area contributed by atoms with Gasteiger partial charge in [-0.1, -0.05) is 18.2 Å². The molecule has 2 heterocycles. The summed E-state index contributed by atoms with van der Waals surface area (Å²) in [5, 5.41) is 9.47. The lowest BCUT2D eigenvalue weighted by molar-refractivity contribution is 0.00706. The van der Waals surface area contributed by atoms with Crippen LogP contribution in [-0.4, -0.2) is 21.4 Å². The van der Waals surface area contributed by atoms with Crippen LogP contribution in [0.5, 0.6) is 0 Å². The SMILES string of the molecule is Cc1cc(C(C)Nc2ccccc2C(=O)OC(C)(C)C)c2oc(-c3cc(C)c4nn(C)cc4c3)cc(=O)c2c1. The van der Waals surface area contributed by atoms with Gasteiger partial charge in [-0.15, -0.1) is 0 Å². The van der Waals surface area contributed by atoms with Crippen molar-refractivity contribution in [3.8, 4) is 11.3 Å². The first-order valence-corrected chi connectivity index (χ1v) is 13.0. The molecule has 0 aliphatic heterocycles. The van der Waals surface area contributed by atoms with Crippen molar-refractivity contribution in [2.45, 2.75) is 53.2 Å². The number of rotatable bonds is 5. The first kappa shape index (κ1) is 26.2. The number of hydrogen-bond donors (Lipinski definition) is 1. The van der Waals surface area contributed by atoms with E-state index in [1.807, 2.05) is 97.3 Å². The smallest absolute Gasteiger partial charge is 0.340 e. The summed E-state index contributed by atoms with van der Waals surface area (Å²) in [7, 11) is 1.89. The van der Waals surface area contributed by atoms with Gasteiger partial charge in [0.2, 0.25) is 0 Å². The number of aromatic nitrogens is 2. The highest BCUT2D eigenvalue weighted by Gasteiger charge is 2.22. The van der Waals surface area contributed by atoms with Crippen molar-refractivity contribution in [2.75, 3.05) is 5.32 Å². The normalized spacial score (nSPS) is 12.6. The Morgan fingerprint density at radius 2 is 1.82 bits per heavy atom. The highest BCUT2D eigenvalue weighted by atomic mass is 16.6. The van der Waals surface area contributed by atoms with Gasteiger partial charge in [0.05, 0.1) is 22.5 Å². The van der Waals surface area contributed by atoms with E-state index in [0.29, 0.717) is 28.0 Å². The molecule has 3 aromatic carbocycles. The van der Waals surface area contributed by atoms with Crippen LogP contribution in [0.15, 0.2) is 70.0 Å². The lowest BCUT2D eigenvalue weighted by Gasteiger charge is -2.22. The number of carbonyl (C=O) groups excluding carboxylic acids is 1. The Bertz CT molecular complexity index is 1790. The summed E-state index contributed by atoms with van der Waals surface area (Å²) in [5.41, 5.74) is 5.38. The van der Waals surface area contributed by atoms with E-state index in [1.165, 1.54) is 0 Å². The van der Waals surface area contributed by atoms with E-state index in [1.54, 1.807) is 16.8 Å². The largest absolute Gasteiger partial charge is 0.456 e. The number of nitrogens with zero attached hydrogens (tertiary/aromatic N) is 2. The van der Waals surface area contributed by atoms with E-state index < -0.39 is 11.6 Å². The number of aryl methyl sites for hydroxylation is 3. The number of benzene rings is 3. The zero-order valence-electron chi connectivity index (χ0n) is 23.4. The summed E-state index contributed by atoms with van der Waals surface area (Å²) in [6, 6.07) is 16.4. The van der Waals surface area contributed by atoms with Gasteiger partial charge >= 0.3 is 5.97 Å². The lowest BCUT2D eigenvalue weighted by Crippen LogP contribution is -2.24. The van der Waals surface area contributed by atoms with Gasteiger partial charge in [0.1, 0.15) is 16.9 Å². The quantitative estimate of drug-likeness (QED) is 0.248. The average Bonchev–Trinajstić information content (AvgIpc) is 3.24. The molecule has 0 bridgehead atoms. The van der Waals surface area contributed by atoms with Crippen LogP contribution >= 0.6 is 0 Å². The first-order chi connectivity index (χ1) is 18.4. The van der Waals surface area contributed by atoms with Crippen LogP contribution in [0.2, 0.25) is 0 Å².